The lowest BCUT2D eigenvalue weighted by Gasteiger charge is -2.26. The van der Waals surface area contributed by atoms with Crippen LogP contribution in [0.1, 0.15) is 0 Å². The lowest BCUT2D eigenvalue weighted by Crippen LogP contribution is -2.09. The molecular weight excluding hydrogens is 615 g/mol. The third-order valence-electron chi connectivity index (χ3n) is 9.67. The molecule has 0 bridgehead atoms. The summed E-state index contributed by atoms with van der Waals surface area (Å²) < 4.78 is 8.96. The zero-order valence-corrected chi connectivity index (χ0v) is 27.3. The van der Waals surface area contributed by atoms with Gasteiger partial charge in [-0.05, 0) is 94.4 Å². The largest absolute Gasteiger partial charge is 0.455 e. The molecule has 2 heterocycles. The quantitative estimate of drug-likeness (QED) is 0.186. The first kappa shape index (κ1) is 27.9. The summed E-state index contributed by atoms with van der Waals surface area (Å²) in [5.41, 5.74) is 10.1. The van der Waals surface area contributed by atoms with Crippen LogP contribution in [0.25, 0.3) is 75.1 Å². The molecule has 2 nitrogen and oxygen atoms in total. The molecule has 0 spiro atoms. The highest BCUT2D eigenvalue weighted by Gasteiger charge is 2.15. The molecule has 10 aromatic rings. The highest BCUT2D eigenvalue weighted by Crippen LogP contribution is 2.42. The highest BCUT2D eigenvalue weighted by molar-refractivity contribution is 7.26. The molecule has 0 saturated carbocycles. The van der Waals surface area contributed by atoms with Gasteiger partial charge in [0.05, 0.1) is 0 Å². The zero-order valence-electron chi connectivity index (χ0n) is 26.5. The molecular formula is C46H29NOS. The van der Waals surface area contributed by atoms with Crippen LogP contribution in [0.4, 0.5) is 17.1 Å². The van der Waals surface area contributed by atoms with Gasteiger partial charge in [0, 0.05) is 53.4 Å². The van der Waals surface area contributed by atoms with Crippen LogP contribution in [0.2, 0.25) is 0 Å². The summed E-state index contributed by atoms with van der Waals surface area (Å²) in [5.74, 6) is 0. The first-order valence-corrected chi connectivity index (χ1v) is 17.4. The summed E-state index contributed by atoms with van der Waals surface area (Å²) >= 11 is 1.87. The van der Waals surface area contributed by atoms with Gasteiger partial charge in [-0.1, -0.05) is 109 Å². The SMILES string of the molecule is c1ccc(N(c2ccc(-c3ccc4c(ccc5c6ccccc6oc45)c3)cc2)c2ccc(-c3cccc4c3sc3ccccc34)cc2)cc1. The third kappa shape index (κ3) is 4.62. The maximum Gasteiger partial charge on any atom is 0.143 e. The van der Waals surface area contributed by atoms with E-state index in [0.29, 0.717) is 0 Å². The number of para-hydroxylation sites is 2. The first-order chi connectivity index (χ1) is 24.3. The van der Waals surface area contributed by atoms with E-state index in [1.54, 1.807) is 0 Å². The molecule has 3 heteroatoms. The average Bonchev–Trinajstić information content (AvgIpc) is 3.75. The minimum Gasteiger partial charge on any atom is -0.455 e. The van der Waals surface area contributed by atoms with Gasteiger partial charge in [-0.3, -0.25) is 0 Å². The van der Waals surface area contributed by atoms with E-state index in [2.05, 4.69) is 169 Å². The number of nitrogens with zero attached hydrogens (tertiary/aromatic N) is 1. The number of rotatable bonds is 5. The van der Waals surface area contributed by atoms with Crippen molar-refractivity contribution in [2.24, 2.45) is 0 Å². The second-order valence-electron chi connectivity index (χ2n) is 12.5. The van der Waals surface area contributed by atoms with E-state index < -0.39 is 0 Å². The Bertz CT molecular complexity index is 2810. The van der Waals surface area contributed by atoms with Gasteiger partial charge in [-0.15, -0.1) is 11.3 Å². The normalized spacial score (nSPS) is 11.7. The van der Waals surface area contributed by atoms with Crippen molar-refractivity contribution in [1.82, 2.24) is 0 Å². The molecule has 0 amide bonds. The first-order valence-electron chi connectivity index (χ1n) is 16.6. The smallest absolute Gasteiger partial charge is 0.143 e. The van der Waals surface area contributed by atoms with Crippen molar-refractivity contribution in [3.8, 4) is 22.3 Å². The van der Waals surface area contributed by atoms with E-state index in [1.165, 1.54) is 47.8 Å². The number of fused-ring (bicyclic) bond motifs is 8. The Labute approximate surface area is 287 Å². The standard InChI is InChI=1S/C46H29NOS/c1-2-9-34(10-3-1)47(36-25-19-31(20-26-36)38-13-8-14-42-40-12-5-7-16-44(40)49-46(38)42)35-23-17-30(18-24-35)32-21-27-37-33(29-32)22-28-41-39-11-4-6-15-43(39)48-45(37)41/h1-29H. The summed E-state index contributed by atoms with van der Waals surface area (Å²) in [7, 11) is 0. The third-order valence-corrected chi connectivity index (χ3v) is 10.9. The number of hydrogen-bond acceptors (Lipinski definition) is 3. The van der Waals surface area contributed by atoms with Gasteiger partial charge in [0.25, 0.3) is 0 Å². The van der Waals surface area contributed by atoms with E-state index in [1.807, 2.05) is 23.5 Å². The molecule has 8 aromatic carbocycles. The van der Waals surface area contributed by atoms with Crippen LogP contribution >= 0.6 is 11.3 Å². The zero-order chi connectivity index (χ0) is 32.3. The maximum atomic E-state index is 6.30. The van der Waals surface area contributed by atoms with Gasteiger partial charge in [-0.2, -0.15) is 0 Å². The number of hydrogen-bond donors (Lipinski definition) is 0. The van der Waals surface area contributed by atoms with Crippen LogP contribution in [-0.2, 0) is 0 Å². The molecule has 0 N–H and O–H groups in total. The van der Waals surface area contributed by atoms with Crippen molar-refractivity contribution < 1.29 is 4.42 Å². The molecule has 0 aliphatic rings. The lowest BCUT2D eigenvalue weighted by atomic mass is 9.99. The highest BCUT2D eigenvalue weighted by atomic mass is 32.1. The molecule has 230 valence electrons. The second-order valence-corrected chi connectivity index (χ2v) is 13.6. The van der Waals surface area contributed by atoms with Gasteiger partial charge >= 0.3 is 0 Å². The predicted molar refractivity (Wildman–Crippen MR) is 210 cm³/mol. The van der Waals surface area contributed by atoms with Crippen LogP contribution < -0.4 is 4.90 Å². The Kier molecular flexibility index (Phi) is 6.39. The van der Waals surface area contributed by atoms with Crippen molar-refractivity contribution in [3.05, 3.63) is 176 Å². The number of thiophene rings is 1. The molecule has 0 aliphatic carbocycles. The molecule has 0 radical (unpaired) electrons. The summed E-state index contributed by atoms with van der Waals surface area (Å²) in [6.45, 7) is 0. The molecule has 0 unspecified atom stereocenters. The van der Waals surface area contributed by atoms with Gasteiger partial charge in [-0.25, -0.2) is 0 Å². The predicted octanol–water partition coefficient (Wildman–Crippen LogP) is 13.9. The molecule has 0 saturated heterocycles. The second kappa shape index (κ2) is 11.2. The number of furan rings is 1. The Balaban J connectivity index is 1.01. The van der Waals surface area contributed by atoms with E-state index in [4.69, 9.17) is 4.42 Å². The van der Waals surface area contributed by atoms with Crippen LogP contribution in [-0.4, -0.2) is 0 Å². The van der Waals surface area contributed by atoms with Crippen LogP contribution in [0.3, 0.4) is 0 Å². The molecule has 0 atom stereocenters. The van der Waals surface area contributed by atoms with Crippen molar-refractivity contribution in [3.63, 3.8) is 0 Å². The molecule has 0 aliphatic heterocycles. The van der Waals surface area contributed by atoms with Crippen molar-refractivity contribution in [2.75, 3.05) is 4.90 Å². The number of benzene rings is 8. The summed E-state index contributed by atoms with van der Waals surface area (Å²) in [6.07, 6.45) is 0. The van der Waals surface area contributed by atoms with E-state index in [-0.39, 0.29) is 0 Å². The van der Waals surface area contributed by atoms with Gasteiger partial charge < -0.3 is 9.32 Å². The summed E-state index contributed by atoms with van der Waals surface area (Å²) in [4.78, 5) is 2.33. The minimum atomic E-state index is 0.927. The topological polar surface area (TPSA) is 16.4 Å². The van der Waals surface area contributed by atoms with Crippen molar-refractivity contribution >= 4 is 81.3 Å². The van der Waals surface area contributed by atoms with Crippen molar-refractivity contribution in [2.45, 2.75) is 0 Å². The molecule has 49 heavy (non-hydrogen) atoms. The monoisotopic (exact) mass is 643 g/mol. The summed E-state index contributed by atoms with van der Waals surface area (Å²) in [6, 6.07) is 63.2. The van der Waals surface area contributed by atoms with Gasteiger partial charge in [0.2, 0.25) is 0 Å². The Morgan fingerprint density at radius 2 is 1.04 bits per heavy atom. The van der Waals surface area contributed by atoms with E-state index in [9.17, 15) is 0 Å². The summed E-state index contributed by atoms with van der Waals surface area (Å²) in [5, 5.41) is 7.27. The van der Waals surface area contributed by atoms with Crippen LogP contribution in [0.15, 0.2) is 180 Å². The molecule has 2 aromatic heterocycles. The minimum absolute atomic E-state index is 0.927. The van der Waals surface area contributed by atoms with Gasteiger partial charge in [0.15, 0.2) is 0 Å². The maximum absolute atomic E-state index is 6.30. The average molecular weight is 644 g/mol. The molecule has 0 fully saturated rings. The van der Waals surface area contributed by atoms with E-state index in [0.717, 1.165) is 44.4 Å². The fourth-order valence-corrected chi connectivity index (χ4v) is 8.52. The van der Waals surface area contributed by atoms with Gasteiger partial charge in [0.1, 0.15) is 11.2 Å². The van der Waals surface area contributed by atoms with Crippen LogP contribution in [0, 0.1) is 0 Å². The Morgan fingerprint density at radius 1 is 0.408 bits per heavy atom. The Morgan fingerprint density at radius 3 is 1.86 bits per heavy atom. The fourth-order valence-electron chi connectivity index (χ4n) is 7.28. The van der Waals surface area contributed by atoms with E-state index >= 15 is 0 Å². The van der Waals surface area contributed by atoms with Crippen LogP contribution in [0.5, 0.6) is 0 Å². The lowest BCUT2D eigenvalue weighted by molar-refractivity contribution is 0.672. The van der Waals surface area contributed by atoms with Crippen molar-refractivity contribution in [1.29, 1.82) is 0 Å². The fraction of sp³-hybridized carbons (Fsp3) is 0. The Hall–Kier alpha value is -6.16. The number of anilines is 3. The molecule has 10 rings (SSSR count).